The van der Waals surface area contributed by atoms with Crippen molar-refractivity contribution in [2.45, 2.75) is 25.8 Å². The fourth-order valence-electron chi connectivity index (χ4n) is 2.83. The number of rotatable bonds is 3. The molecule has 0 unspecified atom stereocenters. The number of halogens is 1. The van der Waals surface area contributed by atoms with Gasteiger partial charge in [-0.25, -0.2) is 4.79 Å². The molecule has 0 radical (unpaired) electrons. The molecule has 1 aliphatic heterocycles. The molecule has 1 saturated heterocycles. The van der Waals surface area contributed by atoms with E-state index in [-0.39, 0.29) is 0 Å². The predicted octanol–water partition coefficient (Wildman–Crippen LogP) is 2.99. The van der Waals surface area contributed by atoms with E-state index in [1.165, 1.54) is 0 Å². The van der Waals surface area contributed by atoms with Gasteiger partial charge in [0.2, 0.25) is 0 Å². The number of anilines is 1. The van der Waals surface area contributed by atoms with Gasteiger partial charge in [0.25, 0.3) is 0 Å². The number of hydrogen-bond acceptors (Lipinski definition) is 3. The molecule has 0 aliphatic carbocycles. The summed E-state index contributed by atoms with van der Waals surface area (Å²) in [6.07, 6.45) is 2.22. The maximum atomic E-state index is 11.3. The van der Waals surface area contributed by atoms with E-state index < -0.39 is 5.97 Å². The Balaban J connectivity index is 2.29. The summed E-state index contributed by atoms with van der Waals surface area (Å²) in [4.78, 5) is 15.9. The van der Waals surface area contributed by atoms with Crippen molar-refractivity contribution in [1.82, 2.24) is 4.90 Å². The van der Waals surface area contributed by atoms with Crippen LogP contribution in [-0.4, -0.2) is 49.2 Å². The number of carboxylic acid groups (broad SMARTS) is 1. The van der Waals surface area contributed by atoms with Gasteiger partial charge in [-0.15, -0.1) is 0 Å². The molecule has 20 heavy (non-hydrogen) atoms. The Bertz CT molecular complexity index is 511. The van der Waals surface area contributed by atoms with Crippen molar-refractivity contribution in [3.8, 4) is 0 Å². The van der Waals surface area contributed by atoms with Gasteiger partial charge in [0.1, 0.15) is 0 Å². The first-order valence-corrected chi connectivity index (χ1v) is 7.64. The lowest BCUT2D eigenvalue weighted by atomic mass is 10.0. The number of carbonyl (C=O) groups is 1. The molecule has 0 saturated carbocycles. The summed E-state index contributed by atoms with van der Waals surface area (Å²) in [6.45, 7) is 4.07. The van der Waals surface area contributed by atoms with Crippen LogP contribution in [0.3, 0.4) is 0 Å². The van der Waals surface area contributed by atoms with E-state index in [0.717, 1.165) is 41.7 Å². The Morgan fingerprint density at radius 1 is 1.40 bits per heavy atom. The van der Waals surface area contributed by atoms with Gasteiger partial charge in [0.15, 0.2) is 0 Å². The normalized spacial score (nSPS) is 17.2. The molecular weight excluding hydrogens is 320 g/mol. The quantitative estimate of drug-likeness (QED) is 0.918. The summed E-state index contributed by atoms with van der Waals surface area (Å²) < 4.78 is 0.815. The van der Waals surface area contributed by atoms with Crippen LogP contribution in [-0.2, 0) is 0 Å². The second-order valence-corrected chi connectivity index (χ2v) is 6.46. The van der Waals surface area contributed by atoms with Crippen LogP contribution in [0.5, 0.6) is 0 Å². The van der Waals surface area contributed by atoms with Gasteiger partial charge < -0.3 is 14.9 Å². The van der Waals surface area contributed by atoms with E-state index in [2.05, 4.69) is 39.8 Å². The van der Waals surface area contributed by atoms with Gasteiger partial charge >= 0.3 is 5.97 Å². The van der Waals surface area contributed by atoms with Crippen LogP contribution in [0.2, 0.25) is 0 Å². The van der Waals surface area contributed by atoms with Crippen LogP contribution >= 0.6 is 15.9 Å². The van der Waals surface area contributed by atoms with Gasteiger partial charge in [0.05, 0.1) is 5.56 Å². The van der Waals surface area contributed by atoms with E-state index >= 15 is 0 Å². The van der Waals surface area contributed by atoms with Crippen molar-refractivity contribution in [2.24, 2.45) is 0 Å². The summed E-state index contributed by atoms with van der Waals surface area (Å²) in [7, 11) is 4.21. The topological polar surface area (TPSA) is 43.8 Å². The average Bonchev–Trinajstić information content (AvgIpc) is 2.41. The first kappa shape index (κ1) is 15.3. The molecular formula is C15H21BrN2O2. The maximum absolute atomic E-state index is 11.3. The van der Waals surface area contributed by atoms with E-state index in [9.17, 15) is 9.90 Å². The molecule has 1 aromatic carbocycles. The number of hydrogen-bond donors (Lipinski definition) is 1. The Morgan fingerprint density at radius 3 is 2.55 bits per heavy atom. The van der Waals surface area contributed by atoms with Gasteiger partial charge in [-0.1, -0.05) is 15.9 Å². The molecule has 0 amide bonds. The SMILES string of the molecule is Cc1c(C(=O)O)cc(Br)cc1N(C)C1CCN(C)CC1. The van der Waals surface area contributed by atoms with Gasteiger partial charge in [-0.3, -0.25) is 0 Å². The zero-order valence-electron chi connectivity index (χ0n) is 12.2. The lowest BCUT2D eigenvalue weighted by Gasteiger charge is -2.37. The van der Waals surface area contributed by atoms with Crippen molar-refractivity contribution in [2.75, 3.05) is 32.1 Å². The monoisotopic (exact) mass is 340 g/mol. The average molecular weight is 341 g/mol. The lowest BCUT2D eigenvalue weighted by Crippen LogP contribution is -2.42. The smallest absolute Gasteiger partial charge is 0.336 e. The minimum atomic E-state index is -0.873. The predicted molar refractivity (Wildman–Crippen MR) is 84.8 cm³/mol. The summed E-state index contributed by atoms with van der Waals surface area (Å²) >= 11 is 3.42. The van der Waals surface area contributed by atoms with Crippen molar-refractivity contribution in [3.63, 3.8) is 0 Å². The molecule has 0 spiro atoms. The number of carboxylic acids is 1. The van der Waals surface area contributed by atoms with E-state index in [1.54, 1.807) is 6.07 Å². The summed E-state index contributed by atoms with van der Waals surface area (Å²) in [5, 5.41) is 9.30. The Kier molecular flexibility index (Phi) is 4.70. The number of aromatic carboxylic acids is 1. The number of likely N-dealkylation sites (tertiary alicyclic amines) is 1. The highest BCUT2D eigenvalue weighted by Gasteiger charge is 2.23. The van der Waals surface area contributed by atoms with E-state index in [1.807, 2.05) is 13.0 Å². The van der Waals surface area contributed by atoms with Crippen LogP contribution < -0.4 is 4.90 Å². The van der Waals surface area contributed by atoms with E-state index in [4.69, 9.17) is 0 Å². The molecule has 1 aromatic rings. The highest BCUT2D eigenvalue weighted by atomic mass is 79.9. The number of nitrogens with zero attached hydrogens (tertiary/aromatic N) is 2. The zero-order chi connectivity index (χ0) is 14.9. The third-order valence-corrected chi connectivity index (χ3v) is 4.65. The molecule has 1 heterocycles. The highest BCUT2D eigenvalue weighted by Crippen LogP contribution is 2.30. The highest BCUT2D eigenvalue weighted by molar-refractivity contribution is 9.10. The maximum Gasteiger partial charge on any atom is 0.336 e. The van der Waals surface area contributed by atoms with Crippen molar-refractivity contribution in [1.29, 1.82) is 0 Å². The fraction of sp³-hybridized carbons (Fsp3) is 0.533. The molecule has 110 valence electrons. The summed E-state index contributed by atoms with van der Waals surface area (Å²) in [6, 6.07) is 4.16. The molecule has 0 atom stereocenters. The van der Waals surface area contributed by atoms with Crippen LogP contribution in [0.25, 0.3) is 0 Å². The van der Waals surface area contributed by atoms with Crippen molar-refractivity contribution < 1.29 is 9.90 Å². The second-order valence-electron chi connectivity index (χ2n) is 5.55. The summed E-state index contributed by atoms with van der Waals surface area (Å²) in [5.74, 6) is -0.873. The molecule has 5 heteroatoms. The van der Waals surface area contributed by atoms with Gasteiger partial charge in [-0.2, -0.15) is 0 Å². The minimum Gasteiger partial charge on any atom is -0.478 e. The number of benzene rings is 1. The first-order valence-electron chi connectivity index (χ1n) is 6.85. The standard InChI is InChI=1S/C15H21BrN2O2/c1-10-13(15(19)20)8-11(16)9-14(10)18(3)12-4-6-17(2)7-5-12/h8-9,12H,4-7H2,1-3H3,(H,19,20). The molecule has 0 aromatic heterocycles. The van der Waals surface area contributed by atoms with Crippen molar-refractivity contribution in [3.05, 3.63) is 27.7 Å². The largest absolute Gasteiger partial charge is 0.478 e. The summed E-state index contributed by atoms with van der Waals surface area (Å²) in [5.41, 5.74) is 2.21. The second kappa shape index (κ2) is 6.14. The first-order chi connectivity index (χ1) is 9.40. The molecule has 1 aliphatic rings. The van der Waals surface area contributed by atoms with Crippen LogP contribution in [0, 0.1) is 6.92 Å². The van der Waals surface area contributed by atoms with Gasteiger partial charge in [-0.05, 0) is 57.6 Å². The Hall–Kier alpha value is -1.07. The fourth-order valence-corrected chi connectivity index (χ4v) is 3.28. The third kappa shape index (κ3) is 3.15. The zero-order valence-corrected chi connectivity index (χ0v) is 13.8. The lowest BCUT2D eigenvalue weighted by molar-refractivity contribution is 0.0696. The van der Waals surface area contributed by atoms with E-state index in [0.29, 0.717) is 11.6 Å². The molecule has 0 bridgehead atoms. The van der Waals surface area contributed by atoms with Gasteiger partial charge in [0, 0.05) is 23.2 Å². The molecule has 1 fully saturated rings. The number of piperidine rings is 1. The third-order valence-electron chi connectivity index (χ3n) is 4.19. The Labute approximate surface area is 128 Å². The van der Waals surface area contributed by atoms with Crippen LogP contribution in [0.1, 0.15) is 28.8 Å². The molecule has 1 N–H and O–H groups in total. The van der Waals surface area contributed by atoms with Crippen molar-refractivity contribution >= 4 is 27.6 Å². The van der Waals surface area contributed by atoms with Crippen LogP contribution in [0.15, 0.2) is 16.6 Å². The van der Waals surface area contributed by atoms with Crippen LogP contribution in [0.4, 0.5) is 5.69 Å². The minimum absolute atomic E-state index is 0.370. The molecule has 4 nitrogen and oxygen atoms in total. The Morgan fingerprint density at radius 2 is 2.00 bits per heavy atom. The molecule has 2 rings (SSSR count).